The predicted molar refractivity (Wildman–Crippen MR) is 68.9 cm³/mol. The van der Waals surface area contributed by atoms with Crippen molar-refractivity contribution in [3.05, 3.63) is 21.6 Å². The molecule has 2 heterocycles. The number of halogens is 1. The average Bonchev–Trinajstić information content (AvgIpc) is 2.38. The Morgan fingerprint density at radius 3 is 3.06 bits per heavy atom. The number of hydrogen-bond donors (Lipinski definition) is 0. The van der Waals surface area contributed by atoms with Gasteiger partial charge in [0.1, 0.15) is 6.33 Å². The SMILES string of the molecule is CCC1CCCN(c2ncnc(Cl)c2[N+](=O)[O-])C1. The predicted octanol–water partition coefficient (Wildman–Crippen LogP) is 2.66. The summed E-state index contributed by atoms with van der Waals surface area (Å²) in [7, 11) is 0. The first kappa shape index (κ1) is 13.0. The van der Waals surface area contributed by atoms with Crippen molar-refractivity contribution in [1.29, 1.82) is 0 Å². The molecule has 0 N–H and O–H groups in total. The van der Waals surface area contributed by atoms with Crippen LogP contribution in [-0.4, -0.2) is 28.0 Å². The molecule has 7 heteroatoms. The van der Waals surface area contributed by atoms with Gasteiger partial charge in [0, 0.05) is 13.1 Å². The molecule has 0 amide bonds. The lowest BCUT2D eigenvalue weighted by molar-refractivity contribution is -0.384. The molecule has 0 spiro atoms. The van der Waals surface area contributed by atoms with E-state index in [4.69, 9.17) is 11.6 Å². The third-order valence-corrected chi connectivity index (χ3v) is 3.61. The van der Waals surface area contributed by atoms with Gasteiger partial charge >= 0.3 is 5.69 Å². The third-order valence-electron chi connectivity index (χ3n) is 3.34. The van der Waals surface area contributed by atoms with Crippen LogP contribution in [0.15, 0.2) is 6.33 Å². The van der Waals surface area contributed by atoms with E-state index in [1.165, 1.54) is 12.7 Å². The van der Waals surface area contributed by atoms with Gasteiger partial charge in [-0.25, -0.2) is 9.97 Å². The minimum atomic E-state index is -0.507. The van der Waals surface area contributed by atoms with Crippen LogP contribution in [0.1, 0.15) is 26.2 Å². The number of piperidine rings is 1. The van der Waals surface area contributed by atoms with Gasteiger partial charge in [0.25, 0.3) is 0 Å². The van der Waals surface area contributed by atoms with E-state index in [9.17, 15) is 10.1 Å². The fourth-order valence-electron chi connectivity index (χ4n) is 2.33. The Hall–Kier alpha value is -1.43. The number of rotatable bonds is 3. The van der Waals surface area contributed by atoms with Crippen molar-refractivity contribution >= 4 is 23.1 Å². The number of nitrogens with zero attached hydrogens (tertiary/aromatic N) is 4. The molecule has 0 aliphatic carbocycles. The number of nitro groups is 1. The zero-order valence-electron chi connectivity index (χ0n) is 10.2. The van der Waals surface area contributed by atoms with Gasteiger partial charge in [0.2, 0.25) is 11.0 Å². The summed E-state index contributed by atoms with van der Waals surface area (Å²) in [5.74, 6) is 0.908. The summed E-state index contributed by atoms with van der Waals surface area (Å²) in [6.45, 7) is 3.71. The summed E-state index contributed by atoms with van der Waals surface area (Å²) in [6.07, 6.45) is 4.54. The van der Waals surface area contributed by atoms with E-state index in [1.807, 2.05) is 4.90 Å². The normalized spacial score (nSPS) is 19.9. The van der Waals surface area contributed by atoms with Gasteiger partial charge in [-0.2, -0.15) is 0 Å². The van der Waals surface area contributed by atoms with Gasteiger partial charge in [-0.3, -0.25) is 10.1 Å². The Bertz CT molecular complexity index is 455. The van der Waals surface area contributed by atoms with E-state index in [-0.39, 0.29) is 10.8 Å². The lowest BCUT2D eigenvalue weighted by atomic mass is 9.96. The molecule has 6 nitrogen and oxygen atoms in total. The Balaban J connectivity index is 2.32. The van der Waals surface area contributed by atoms with Crippen molar-refractivity contribution in [2.24, 2.45) is 5.92 Å². The van der Waals surface area contributed by atoms with E-state index in [0.29, 0.717) is 11.7 Å². The van der Waals surface area contributed by atoms with Crippen LogP contribution in [0.4, 0.5) is 11.5 Å². The zero-order chi connectivity index (χ0) is 13.1. The minimum Gasteiger partial charge on any atom is -0.350 e. The molecule has 1 saturated heterocycles. The van der Waals surface area contributed by atoms with Crippen LogP contribution in [0.2, 0.25) is 5.15 Å². The first-order valence-corrected chi connectivity index (χ1v) is 6.41. The molecule has 0 radical (unpaired) electrons. The molecule has 1 aromatic heterocycles. The zero-order valence-corrected chi connectivity index (χ0v) is 10.9. The van der Waals surface area contributed by atoms with Crippen LogP contribution in [0.3, 0.4) is 0 Å². The van der Waals surface area contributed by atoms with Crippen molar-refractivity contribution in [3.63, 3.8) is 0 Å². The lowest BCUT2D eigenvalue weighted by Crippen LogP contribution is -2.36. The minimum absolute atomic E-state index is 0.0939. The summed E-state index contributed by atoms with van der Waals surface area (Å²) in [5.41, 5.74) is -0.184. The monoisotopic (exact) mass is 270 g/mol. The van der Waals surface area contributed by atoms with Crippen LogP contribution in [0.25, 0.3) is 0 Å². The highest BCUT2D eigenvalue weighted by Crippen LogP contribution is 2.33. The van der Waals surface area contributed by atoms with Crippen molar-refractivity contribution in [1.82, 2.24) is 9.97 Å². The molecular weight excluding hydrogens is 256 g/mol. The van der Waals surface area contributed by atoms with Gasteiger partial charge in [-0.05, 0) is 18.8 Å². The maximum atomic E-state index is 11.1. The van der Waals surface area contributed by atoms with Gasteiger partial charge < -0.3 is 4.90 Å². The van der Waals surface area contributed by atoms with Crippen LogP contribution >= 0.6 is 11.6 Å². The summed E-state index contributed by atoms with van der Waals surface area (Å²) < 4.78 is 0. The highest BCUT2D eigenvalue weighted by atomic mass is 35.5. The molecule has 0 saturated carbocycles. The molecule has 18 heavy (non-hydrogen) atoms. The quantitative estimate of drug-likeness (QED) is 0.480. The fraction of sp³-hybridized carbons (Fsp3) is 0.636. The summed E-state index contributed by atoms with van der Waals surface area (Å²) in [5, 5.41) is 11.0. The van der Waals surface area contributed by atoms with Crippen LogP contribution in [0, 0.1) is 16.0 Å². The molecule has 1 aliphatic rings. The second kappa shape index (κ2) is 5.48. The molecule has 2 rings (SSSR count). The van der Waals surface area contributed by atoms with Crippen LogP contribution in [-0.2, 0) is 0 Å². The fourth-order valence-corrected chi connectivity index (χ4v) is 2.53. The highest BCUT2D eigenvalue weighted by molar-refractivity contribution is 6.31. The van der Waals surface area contributed by atoms with Crippen LogP contribution in [0.5, 0.6) is 0 Å². The number of hydrogen-bond acceptors (Lipinski definition) is 5. The Kier molecular flexibility index (Phi) is 3.96. The maximum absolute atomic E-state index is 11.1. The van der Waals surface area contributed by atoms with E-state index in [0.717, 1.165) is 25.9 Å². The molecule has 1 atom stereocenters. The topological polar surface area (TPSA) is 72.2 Å². The van der Waals surface area contributed by atoms with Crippen molar-refractivity contribution < 1.29 is 4.92 Å². The van der Waals surface area contributed by atoms with E-state index >= 15 is 0 Å². The van der Waals surface area contributed by atoms with Gasteiger partial charge in [0.15, 0.2) is 0 Å². The number of anilines is 1. The van der Waals surface area contributed by atoms with Crippen molar-refractivity contribution in [2.75, 3.05) is 18.0 Å². The van der Waals surface area contributed by atoms with E-state index in [2.05, 4.69) is 16.9 Å². The molecule has 0 aromatic carbocycles. The Labute approximate surface area is 110 Å². The highest BCUT2D eigenvalue weighted by Gasteiger charge is 2.29. The van der Waals surface area contributed by atoms with E-state index < -0.39 is 4.92 Å². The summed E-state index contributed by atoms with van der Waals surface area (Å²) in [4.78, 5) is 20.2. The molecule has 1 unspecified atom stereocenters. The van der Waals surface area contributed by atoms with E-state index in [1.54, 1.807) is 0 Å². The van der Waals surface area contributed by atoms with Crippen molar-refractivity contribution in [3.8, 4) is 0 Å². The average molecular weight is 271 g/mol. The number of aromatic nitrogens is 2. The van der Waals surface area contributed by atoms with Crippen molar-refractivity contribution in [2.45, 2.75) is 26.2 Å². The maximum Gasteiger partial charge on any atom is 0.348 e. The standard InChI is InChI=1S/C11H15ClN4O2/c1-2-8-4-3-5-15(6-8)11-9(16(17)18)10(12)13-7-14-11/h7-8H,2-6H2,1H3. The van der Waals surface area contributed by atoms with Crippen LogP contribution < -0.4 is 4.90 Å². The molecule has 0 bridgehead atoms. The molecular formula is C11H15ClN4O2. The molecule has 1 aromatic rings. The lowest BCUT2D eigenvalue weighted by Gasteiger charge is -2.32. The van der Waals surface area contributed by atoms with Gasteiger partial charge in [-0.1, -0.05) is 24.9 Å². The van der Waals surface area contributed by atoms with Gasteiger partial charge in [-0.15, -0.1) is 0 Å². The Morgan fingerprint density at radius 1 is 1.61 bits per heavy atom. The second-order valence-electron chi connectivity index (χ2n) is 4.46. The third kappa shape index (κ3) is 2.53. The second-order valence-corrected chi connectivity index (χ2v) is 4.81. The Morgan fingerprint density at radius 2 is 2.39 bits per heavy atom. The molecule has 1 aliphatic heterocycles. The first-order valence-electron chi connectivity index (χ1n) is 6.03. The summed E-state index contributed by atoms with van der Waals surface area (Å²) in [6, 6.07) is 0. The first-order chi connectivity index (χ1) is 8.63. The molecule has 1 fully saturated rings. The smallest absolute Gasteiger partial charge is 0.348 e. The molecule has 98 valence electrons. The van der Waals surface area contributed by atoms with Gasteiger partial charge in [0.05, 0.1) is 4.92 Å². The summed E-state index contributed by atoms with van der Waals surface area (Å²) >= 11 is 5.79. The largest absolute Gasteiger partial charge is 0.350 e.